The van der Waals surface area contributed by atoms with Gasteiger partial charge in [0.05, 0.1) is 24.9 Å². The molecule has 37 heavy (non-hydrogen) atoms. The molecule has 0 spiro atoms. The van der Waals surface area contributed by atoms with Crippen molar-refractivity contribution in [2.75, 3.05) is 25.9 Å². The number of fused-ring (bicyclic) bond motifs is 3. The smallest absolute Gasteiger partial charge is 0.334 e. The molecule has 0 bridgehead atoms. The highest BCUT2D eigenvalue weighted by Gasteiger charge is 2.34. The Bertz CT molecular complexity index is 1140. The Morgan fingerprint density at radius 1 is 0.973 bits per heavy atom. The van der Waals surface area contributed by atoms with Crippen molar-refractivity contribution in [3.63, 3.8) is 0 Å². The maximum absolute atomic E-state index is 15.0. The number of halogens is 2. The van der Waals surface area contributed by atoms with Gasteiger partial charge in [0.25, 0.3) is 5.91 Å². The first kappa shape index (κ1) is 29.2. The highest BCUT2D eigenvalue weighted by molar-refractivity contribution is 7.54. The van der Waals surface area contributed by atoms with Crippen LogP contribution in [-0.4, -0.2) is 31.8 Å². The second-order valence-electron chi connectivity index (χ2n) is 9.30. The van der Waals surface area contributed by atoms with Gasteiger partial charge in [0.2, 0.25) is 0 Å². The molecule has 0 saturated carbocycles. The minimum atomic E-state index is -3.30. The topological polar surface area (TPSA) is 64.6 Å². The lowest BCUT2D eigenvalue weighted by Gasteiger charge is -2.18. The number of benzene rings is 2. The second-order valence-corrected chi connectivity index (χ2v) is 11.4. The maximum Gasteiger partial charge on any atom is 0.334 e. The van der Waals surface area contributed by atoms with Crippen molar-refractivity contribution in [2.24, 2.45) is 0 Å². The summed E-state index contributed by atoms with van der Waals surface area (Å²) in [6.45, 7) is 7.16. The molecule has 0 aromatic heterocycles. The maximum atomic E-state index is 15.0. The van der Waals surface area contributed by atoms with E-state index in [4.69, 9.17) is 9.05 Å². The SMILES string of the molecule is CCCCOP(=O)(CC=CCC1c2cc(F)ccc2-c2ccc(F)c(C(=O)NCCC)c21)OCCCC. The van der Waals surface area contributed by atoms with Gasteiger partial charge >= 0.3 is 7.60 Å². The third-order valence-corrected chi connectivity index (χ3v) is 8.23. The first-order valence-electron chi connectivity index (χ1n) is 13.3. The Labute approximate surface area is 219 Å². The largest absolute Gasteiger partial charge is 0.352 e. The second kappa shape index (κ2) is 14.0. The molecule has 2 aromatic carbocycles. The molecule has 1 unspecified atom stereocenters. The van der Waals surface area contributed by atoms with Gasteiger partial charge in [0.1, 0.15) is 11.6 Å². The highest BCUT2D eigenvalue weighted by atomic mass is 31.2. The van der Waals surface area contributed by atoms with Crippen LogP contribution >= 0.6 is 7.60 Å². The van der Waals surface area contributed by atoms with E-state index in [2.05, 4.69) is 5.32 Å². The zero-order valence-corrected chi connectivity index (χ0v) is 22.9. The summed E-state index contributed by atoms with van der Waals surface area (Å²) in [4.78, 5) is 12.9. The molecule has 202 valence electrons. The molecule has 0 aliphatic heterocycles. The Morgan fingerprint density at radius 3 is 2.30 bits per heavy atom. The van der Waals surface area contributed by atoms with E-state index >= 15 is 4.39 Å². The Balaban J connectivity index is 1.88. The van der Waals surface area contributed by atoms with Crippen LogP contribution in [0.3, 0.4) is 0 Å². The number of hydrogen-bond acceptors (Lipinski definition) is 4. The first-order valence-corrected chi connectivity index (χ1v) is 15.0. The van der Waals surface area contributed by atoms with Crippen LogP contribution in [0.15, 0.2) is 42.5 Å². The van der Waals surface area contributed by atoms with Crippen molar-refractivity contribution in [3.8, 4) is 11.1 Å². The normalized spacial score (nSPS) is 14.7. The number of allylic oxidation sites excluding steroid dienone is 2. The van der Waals surface area contributed by atoms with Crippen molar-refractivity contribution >= 4 is 13.5 Å². The quantitative estimate of drug-likeness (QED) is 0.143. The summed E-state index contributed by atoms with van der Waals surface area (Å²) in [6, 6.07) is 7.45. The van der Waals surface area contributed by atoms with Crippen LogP contribution in [-0.2, 0) is 13.6 Å². The van der Waals surface area contributed by atoms with Crippen molar-refractivity contribution in [3.05, 3.63) is 70.8 Å². The summed E-state index contributed by atoms with van der Waals surface area (Å²) in [5.41, 5.74) is 2.78. The number of unbranched alkanes of at least 4 members (excludes halogenated alkanes) is 2. The zero-order chi connectivity index (χ0) is 26.8. The van der Waals surface area contributed by atoms with E-state index in [1.807, 2.05) is 26.8 Å². The lowest BCUT2D eigenvalue weighted by Crippen LogP contribution is -2.26. The van der Waals surface area contributed by atoms with Gasteiger partial charge in [0.15, 0.2) is 0 Å². The average Bonchev–Trinajstić information content (AvgIpc) is 3.18. The average molecular weight is 534 g/mol. The summed E-state index contributed by atoms with van der Waals surface area (Å²) in [5.74, 6) is -1.89. The summed E-state index contributed by atoms with van der Waals surface area (Å²) in [6.07, 6.45) is 8.24. The summed E-state index contributed by atoms with van der Waals surface area (Å²) >= 11 is 0. The predicted molar refractivity (Wildman–Crippen MR) is 144 cm³/mol. The van der Waals surface area contributed by atoms with Crippen LogP contribution in [0.25, 0.3) is 11.1 Å². The fraction of sp³-hybridized carbons (Fsp3) is 0.483. The fourth-order valence-electron chi connectivity index (χ4n) is 4.49. The van der Waals surface area contributed by atoms with E-state index in [9.17, 15) is 13.8 Å². The molecule has 0 heterocycles. The molecule has 1 aliphatic rings. The Kier molecular flexibility index (Phi) is 11.0. The van der Waals surface area contributed by atoms with Crippen molar-refractivity contribution < 1.29 is 27.2 Å². The van der Waals surface area contributed by atoms with Crippen molar-refractivity contribution in [2.45, 2.75) is 65.2 Å². The molecule has 5 nitrogen and oxygen atoms in total. The molecular formula is C29H38F2NO4P. The van der Waals surface area contributed by atoms with Gasteiger partial charge in [-0.3, -0.25) is 9.36 Å². The minimum Gasteiger partial charge on any atom is -0.352 e. The molecule has 3 rings (SSSR count). The van der Waals surface area contributed by atoms with Gasteiger partial charge in [-0.2, -0.15) is 0 Å². The zero-order valence-electron chi connectivity index (χ0n) is 22.0. The third-order valence-electron chi connectivity index (χ3n) is 6.42. The number of carbonyl (C=O) groups excluding carboxylic acids is 1. The summed E-state index contributed by atoms with van der Waals surface area (Å²) in [5, 5.41) is 2.77. The molecule has 1 atom stereocenters. The van der Waals surface area contributed by atoms with Crippen LogP contribution in [0.4, 0.5) is 8.78 Å². The standard InChI is InChI=1S/C29H38F2NO4P/c1-4-7-17-35-37(34,36-18-8-5-2)19-10-9-11-23-25-20-21(30)12-13-22(25)24-14-15-26(31)28(27(23)24)29(33)32-16-6-3/h9-10,12-15,20,23H,4-8,11,16-19H2,1-3H3,(H,32,33). The molecule has 2 aromatic rings. The van der Waals surface area contributed by atoms with Crippen LogP contribution in [0.5, 0.6) is 0 Å². The highest BCUT2D eigenvalue weighted by Crippen LogP contribution is 2.50. The number of rotatable bonds is 15. The molecule has 1 N–H and O–H groups in total. The lowest BCUT2D eigenvalue weighted by molar-refractivity contribution is 0.0948. The van der Waals surface area contributed by atoms with E-state index < -0.39 is 31.1 Å². The lowest BCUT2D eigenvalue weighted by atomic mass is 9.89. The molecule has 1 amide bonds. The van der Waals surface area contributed by atoms with Crippen LogP contribution in [0.2, 0.25) is 0 Å². The summed E-state index contributed by atoms with van der Waals surface area (Å²) < 4.78 is 53.8. The molecule has 8 heteroatoms. The monoisotopic (exact) mass is 533 g/mol. The van der Waals surface area contributed by atoms with Crippen molar-refractivity contribution in [1.29, 1.82) is 0 Å². The van der Waals surface area contributed by atoms with E-state index in [0.29, 0.717) is 37.3 Å². The number of nitrogens with one attached hydrogen (secondary N) is 1. The predicted octanol–water partition coefficient (Wildman–Crippen LogP) is 7.99. The van der Waals surface area contributed by atoms with Gasteiger partial charge in [-0.25, -0.2) is 8.78 Å². The fourth-order valence-corrected chi connectivity index (χ4v) is 6.00. The summed E-state index contributed by atoms with van der Waals surface area (Å²) in [7, 11) is -3.30. The molecule has 1 aliphatic carbocycles. The van der Waals surface area contributed by atoms with E-state index in [0.717, 1.165) is 43.2 Å². The van der Waals surface area contributed by atoms with Gasteiger partial charge in [-0.05, 0) is 66.1 Å². The van der Waals surface area contributed by atoms with Gasteiger partial charge in [-0.1, -0.05) is 57.9 Å². The van der Waals surface area contributed by atoms with E-state index in [1.165, 1.54) is 18.2 Å². The van der Waals surface area contributed by atoms with Crippen LogP contribution in [0.1, 0.15) is 86.7 Å². The first-order chi connectivity index (χ1) is 17.8. The molecule has 0 radical (unpaired) electrons. The Hall–Kier alpha value is -2.34. The molecular weight excluding hydrogens is 495 g/mol. The number of hydrogen-bond donors (Lipinski definition) is 1. The van der Waals surface area contributed by atoms with E-state index in [1.54, 1.807) is 18.2 Å². The van der Waals surface area contributed by atoms with Crippen LogP contribution < -0.4 is 5.32 Å². The van der Waals surface area contributed by atoms with Crippen LogP contribution in [0, 0.1) is 11.6 Å². The minimum absolute atomic E-state index is 0.00238. The van der Waals surface area contributed by atoms with Gasteiger partial charge in [-0.15, -0.1) is 0 Å². The Morgan fingerprint density at radius 2 is 1.65 bits per heavy atom. The third kappa shape index (κ3) is 7.37. The van der Waals surface area contributed by atoms with Gasteiger partial charge < -0.3 is 14.4 Å². The molecule has 0 fully saturated rings. The van der Waals surface area contributed by atoms with Gasteiger partial charge in [0, 0.05) is 12.5 Å². The molecule has 0 saturated heterocycles. The number of amides is 1. The van der Waals surface area contributed by atoms with Crippen molar-refractivity contribution in [1.82, 2.24) is 5.32 Å². The number of carbonyl (C=O) groups is 1. The van der Waals surface area contributed by atoms with E-state index in [-0.39, 0.29) is 11.7 Å².